The average molecular weight is 315 g/mol. The maximum Gasteiger partial charge on any atom is 0.191 e. The highest BCUT2D eigenvalue weighted by molar-refractivity contribution is 7.91. The summed E-state index contributed by atoms with van der Waals surface area (Å²) in [5, 5.41) is 6.51. The molecule has 0 aromatic heterocycles. The van der Waals surface area contributed by atoms with Gasteiger partial charge in [0.15, 0.2) is 15.8 Å². The van der Waals surface area contributed by atoms with Gasteiger partial charge in [0.05, 0.1) is 11.5 Å². The molecule has 0 bridgehead atoms. The molecule has 1 saturated heterocycles. The Hall–Kier alpha value is -0.780. The van der Waals surface area contributed by atoms with Gasteiger partial charge in [0.25, 0.3) is 0 Å². The van der Waals surface area contributed by atoms with E-state index in [9.17, 15) is 8.42 Å². The molecule has 2 rings (SSSR count). The lowest BCUT2D eigenvalue weighted by atomic mass is 9.83. The normalized spacial score (nSPS) is 32.9. The zero-order chi connectivity index (χ0) is 15.3. The molecule has 1 heterocycles. The summed E-state index contributed by atoms with van der Waals surface area (Å²) in [6, 6.07) is 0.0131. The smallest absolute Gasteiger partial charge is 0.191 e. The van der Waals surface area contributed by atoms with Crippen LogP contribution in [-0.4, -0.2) is 45.0 Å². The van der Waals surface area contributed by atoms with Crippen LogP contribution >= 0.6 is 0 Å². The second-order valence-corrected chi connectivity index (χ2v) is 8.82. The van der Waals surface area contributed by atoms with Gasteiger partial charge < -0.3 is 10.6 Å². The third kappa shape index (κ3) is 5.49. The third-order valence-corrected chi connectivity index (χ3v) is 6.33. The van der Waals surface area contributed by atoms with Crippen LogP contribution in [-0.2, 0) is 9.84 Å². The summed E-state index contributed by atoms with van der Waals surface area (Å²) in [5.41, 5.74) is 0. The fourth-order valence-corrected chi connectivity index (χ4v) is 4.83. The summed E-state index contributed by atoms with van der Waals surface area (Å²) in [7, 11) is -2.84. The number of nitrogens with one attached hydrogen (secondary N) is 2. The van der Waals surface area contributed by atoms with E-state index >= 15 is 0 Å². The lowest BCUT2D eigenvalue weighted by Crippen LogP contribution is -2.44. The second kappa shape index (κ2) is 7.47. The van der Waals surface area contributed by atoms with Crippen molar-refractivity contribution in [2.45, 2.75) is 52.0 Å². The van der Waals surface area contributed by atoms with Gasteiger partial charge in [0, 0.05) is 19.1 Å². The Kier molecular flexibility index (Phi) is 5.90. The highest BCUT2D eigenvalue weighted by atomic mass is 32.2. The van der Waals surface area contributed by atoms with Crippen molar-refractivity contribution in [2.75, 3.05) is 24.6 Å². The predicted octanol–water partition coefficient (Wildman–Crippen LogP) is 1.55. The number of hydrogen-bond donors (Lipinski definition) is 2. The molecular weight excluding hydrogens is 286 g/mol. The molecule has 1 saturated carbocycles. The summed E-state index contributed by atoms with van der Waals surface area (Å²) in [6.45, 7) is 6.01. The van der Waals surface area contributed by atoms with Gasteiger partial charge in [-0.15, -0.1) is 0 Å². The Morgan fingerprint density at radius 3 is 2.48 bits per heavy atom. The van der Waals surface area contributed by atoms with Crippen molar-refractivity contribution < 1.29 is 8.42 Å². The van der Waals surface area contributed by atoms with Gasteiger partial charge in [-0.05, 0) is 38.0 Å². The Morgan fingerprint density at radius 2 is 1.90 bits per heavy atom. The number of guanidine groups is 1. The first-order chi connectivity index (χ1) is 9.98. The van der Waals surface area contributed by atoms with E-state index in [4.69, 9.17) is 0 Å². The van der Waals surface area contributed by atoms with Crippen LogP contribution in [0.3, 0.4) is 0 Å². The van der Waals surface area contributed by atoms with Crippen LogP contribution in [0.15, 0.2) is 4.99 Å². The minimum absolute atomic E-state index is 0.0131. The van der Waals surface area contributed by atoms with E-state index < -0.39 is 9.84 Å². The summed E-state index contributed by atoms with van der Waals surface area (Å²) in [4.78, 5) is 4.67. The molecule has 0 spiro atoms. The first-order valence-corrected chi connectivity index (χ1v) is 10.1. The van der Waals surface area contributed by atoms with Crippen molar-refractivity contribution in [1.29, 1.82) is 0 Å². The van der Waals surface area contributed by atoms with E-state index in [1.165, 1.54) is 25.7 Å². The minimum atomic E-state index is -2.84. The van der Waals surface area contributed by atoms with Crippen LogP contribution in [0, 0.1) is 11.8 Å². The second-order valence-electron chi connectivity index (χ2n) is 6.59. The summed E-state index contributed by atoms with van der Waals surface area (Å²) in [6.07, 6.45) is 5.84. The topological polar surface area (TPSA) is 70.6 Å². The van der Waals surface area contributed by atoms with E-state index in [0.717, 1.165) is 25.0 Å². The molecule has 1 aliphatic carbocycles. The molecule has 0 aromatic rings. The molecule has 2 fully saturated rings. The van der Waals surface area contributed by atoms with Gasteiger partial charge in [-0.2, -0.15) is 0 Å². The fourth-order valence-electron chi connectivity index (χ4n) is 3.15. The first-order valence-electron chi connectivity index (χ1n) is 8.23. The monoisotopic (exact) mass is 315 g/mol. The summed E-state index contributed by atoms with van der Waals surface area (Å²) >= 11 is 0. The van der Waals surface area contributed by atoms with Crippen molar-refractivity contribution in [2.24, 2.45) is 16.8 Å². The highest BCUT2D eigenvalue weighted by Crippen LogP contribution is 2.28. The lowest BCUT2D eigenvalue weighted by molar-refractivity contribution is 0.296. The van der Waals surface area contributed by atoms with Crippen LogP contribution < -0.4 is 10.6 Å². The molecule has 0 aromatic carbocycles. The van der Waals surface area contributed by atoms with Crippen molar-refractivity contribution in [3.05, 3.63) is 0 Å². The van der Waals surface area contributed by atoms with Gasteiger partial charge in [-0.3, -0.25) is 4.99 Å². The van der Waals surface area contributed by atoms with Gasteiger partial charge >= 0.3 is 0 Å². The van der Waals surface area contributed by atoms with Gasteiger partial charge in [-0.1, -0.05) is 19.8 Å². The minimum Gasteiger partial charge on any atom is -0.357 e. The summed E-state index contributed by atoms with van der Waals surface area (Å²) < 4.78 is 23.0. The van der Waals surface area contributed by atoms with Crippen molar-refractivity contribution in [3.63, 3.8) is 0 Å². The zero-order valence-electron chi connectivity index (χ0n) is 13.3. The van der Waals surface area contributed by atoms with E-state index in [1.54, 1.807) is 0 Å². The third-order valence-electron chi connectivity index (χ3n) is 4.56. The first kappa shape index (κ1) is 16.6. The molecule has 1 atom stereocenters. The van der Waals surface area contributed by atoms with E-state index in [2.05, 4.69) is 22.5 Å². The quantitative estimate of drug-likeness (QED) is 0.610. The number of sulfone groups is 1. The largest absolute Gasteiger partial charge is 0.357 e. The maximum atomic E-state index is 11.5. The Balaban J connectivity index is 1.84. The molecule has 2 aliphatic rings. The van der Waals surface area contributed by atoms with Gasteiger partial charge in [0.1, 0.15) is 0 Å². The highest BCUT2D eigenvalue weighted by Gasteiger charge is 2.28. The van der Waals surface area contributed by atoms with Crippen LogP contribution in [0.25, 0.3) is 0 Å². The van der Waals surface area contributed by atoms with Crippen LogP contribution in [0.4, 0.5) is 0 Å². The fraction of sp³-hybridized carbons (Fsp3) is 0.933. The molecule has 0 radical (unpaired) electrons. The van der Waals surface area contributed by atoms with Crippen LogP contribution in [0.1, 0.15) is 46.0 Å². The molecule has 1 unspecified atom stereocenters. The average Bonchev–Trinajstić information content (AvgIpc) is 2.77. The lowest BCUT2D eigenvalue weighted by Gasteiger charge is -2.25. The number of aliphatic imine (C=N–C) groups is 1. The van der Waals surface area contributed by atoms with E-state index in [0.29, 0.717) is 18.1 Å². The maximum absolute atomic E-state index is 11.5. The molecule has 0 amide bonds. The van der Waals surface area contributed by atoms with Crippen LogP contribution in [0.5, 0.6) is 0 Å². The van der Waals surface area contributed by atoms with Crippen molar-refractivity contribution in [1.82, 2.24) is 10.6 Å². The van der Waals surface area contributed by atoms with Crippen LogP contribution in [0.2, 0.25) is 0 Å². The molecule has 6 heteroatoms. The standard InChI is InChI=1S/C15H29N3O2S/c1-3-16-15(18-14-8-9-21(19,20)11-14)17-10-13-6-4-12(2)5-7-13/h12-14H,3-11H2,1-2H3,(H2,16,17,18). The molecule has 1 aliphatic heterocycles. The number of hydrogen-bond acceptors (Lipinski definition) is 3. The number of rotatable bonds is 4. The Bertz CT molecular complexity index is 454. The summed E-state index contributed by atoms with van der Waals surface area (Å²) in [5.74, 6) is 2.85. The molecule has 2 N–H and O–H groups in total. The molecule has 122 valence electrons. The van der Waals surface area contributed by atoms with E-state index in [1.807, 2.05) is 6.92 Å². The van der Waals surface area contributed by atoms with Gasteiger partial charge in [0.2, 0.25) is 0 Å². The number of nitrogens with zero attached hydrogens (tertiary/aromatic N) is 1. The van der Waals surface area contributed by atoms with E-state index in [-0.39, 0.29) is 11.8 Å². The van der Waals surface area contributed by atoms with Crippen molar-refractivity contribution >= 4 is 15.8 Å². The van der Waals surface area contributed by atoms with Crippen molar-refractivity contribution in [3.8, 4) is 0 Å². The molecular formula is C15H29N3O2S. The molecule has 5 nitrogen and oxygen atoms in total. The Morgan fingerprint density at radius 1 is 1.19 bits per heavy atom. The predicted molar refractivity (Wildman–Crippen MR) is 87.3 cm³/mol. The molecule has 21 heavy (non-hydrogen) atoms. The van der Waals surface area contributed by atoms with Gasteiger partial charge in [-0.25, -0.2) is 8.42 Å². The zero-order valence-corrected chi connectivity index (χ0v) is 14.1. The Labute approximate surface area is 128 Å². The SMILES string of the molecule is CCNC(=NCC1CCC(C)CC1)NC1CCS(=O)(=O)C1.